The number of benzene rings is 8. The van der Waals surface area contributed by atoms with Crippen LogP contribution < -0.4 is 4.90 Å². The third-order valence-electron chi connectivity index (χ3n) is 10.7. The minimum atomic E-state index is 0.956. The van der Waals surface area contributed by atoms with Gasteiger partial charge in [0.05, 0.1) is 22.4 Å². The molecule has 0 radical (unpaired) electrons. The van der Waals surface area contributed by atoms with Crippen LogP contribution in [0.3, 0.4) is 0 Å². The molecule has 0 spiro atoms. The van der Waals surface area contributed by atoms with Gasteiger partial charge in [-0.15, -0.1) is 0 Å². The molecule has 1 aromatic heterocycles. The molecule has 0 fully saturated rings. The van der Waals surface area contributed by atoms with Crippen LogP contribution in [0.2, 0.25) is 0 Å². The standard InChI is InChI=1S/C50H36N2/c1-2-14-35(15-3-1)38-28-33-50-46(34-38)42-19-7-5-17-37(42)27-26-36-16-4-6-18-41(36)43-20-8-11-23-47(43)52(50)40-31-29-39(30-32-40)51-48-24-12-9-21-44(48)45-22-10-13-25-49(45)51/h1-25,28-34H,26-27H2. The number of hydrogen-bond donors (Lipinski definition) is 0. The molecule has 246 valence electrons. The zero-order valence-corrected chi connectivity index (χ0v) is 28.8. The van der Waals surface area contributed by atoms with Crippen LogP contribution in [0.1, 0.15) is 11.1 Å². The number of hydrogen-bond acceptors (Lipinski definition) is 1. The molecule has 0 saturated carbocycles. The Hall–Kier alpha value is -6.64. The Morgan fingerprint density at radius 2 is 0.827 bits per heavy atom. The van der Waals surface area contributed by atoms with Crippen LogP contribution in [-0.2, 0) is 12.8 Å². The first kappa shape index (κ1) is 30.2. The van der Waals surface area contributed by atoms with Crippen LogP contribution in [0.15, 0.2) is 194 Å². The van der Waals surface area contributed by atoms with Gasteiger partial charge in [0.25, 0.3) is 0 Å². The molecule has 1 aliphatic heterocycles. The van der Waals surface area contributed by atoms with Gasteiger partial charge in [-0.25, -0.2) is 0 Å². The van der Waals surface area contributed by atoms with E-state index in [0.717, 1.165) is 35.6 Å². The van der Waals surface area contributed by atoms with Crippen molar-refractivity contribution in [1.29, 1.82) is 0 Å². The normalized spacial score (nSPS) is 12.4. The van der Waals surface area contributed by atoms with Crippen molar-refractivity contribution < 1.29 is 0 Å². The van der Waals surface area contributed by atoms with Crippen molar-refractivity contribution in [2.75, 3.05) is 4.90 Å². The van der Waals surface area contributed by atoms with Gasteiger partial charge in [-0.2, -0.15) is 0 Å². The van der Waals surface area contributed by atoms with Gasteiger partial charge in [-0.3, -0.25) is 0 Å². The summed E-state index contributed by atoms with van der Waals surface area (Å²) in [5.74, 6) is 0. The maximum atomic E-state index is 2.48. The summed E-state index contributed by atoms with van der Waals surface area (Å²) in [6.07, 6.45) is 1.92. The molecule has 2 nitrogen and oxygen atoms in total. The average molecular weight is 665 g/mol. The van der Waals surface area contributed by atoms with E-state index in [0.29, 0.717) is 0 Å². The molecule has 8 aromatic carbocycles. The number of rotatable bonds is 3. The maximum Gasteiger partial charge on any atom is 0.0541 e. The zero-order chi connectivity index (χ0) is 34.4. The Balaban J connectivity index is 1.24. The van der Waals surface area contributed by atoms with Crippen molar-refractivity contribution >= 4 is 38.9 Å². The van der Waals surface area contributed by atoms with E-state index < -0.39 is 0 Å². The first-order valence-electron chi connectivity index (χ1n) is 18.2. The van der Waals surface area contributed by atoms with Crippen LogP contribution in [0.4, 0.5) is 17.1 Å². The summed E-state index contributed by atoms with van der Waals surface area (Å²) in [7, 11) is 0. The molecular weight excluding hydrogens is 629 g/mol. The molecule has 10 rings (SSSR count). The molecule has 9 aromatic rings. The van der Waals surface area contributed by atoms with Crippen molar-refractivity contribution in [2.45, 2.75) is 12.8 Å². The summed E-state index contributed by atoms with van der Waals surface area (Å²) in [6, 6.07) is 71.2. The largest absolute Gasteiger partial charge is 0.309 e. The molecule has 2 heterocycles. The minimum Gasteiger partial charge on any atom is -0.309 e. The Morgan fingerprint density at radius 1 is 0.327 bits per heavy atom. The third-order valence-corrected chi connectivity index (χ3v) is 10.7. The van der Waals surface area contributed by atoms with E-state index in [1.165, 1.54) is 66.3 Å². The Morgan fingerprint density at radius 3 is 1.50 bits per heavy atom. The van der Waals surface area contributed by atoms with E-state index >= 15 is 0 Å². The Bertz CT molecular complexity index is 2680. The molecule has 0 unspecified atom stereocenters. The lowest BCUT2D eigenvalue weighted by molar-refractivity contribution is 0.964. The van der Waals surface area contributed by atoms with Crippen LogP contribution in [-0.4, -0.2) is 4.57 Å². The zero-order valence-electron chi connectivity index (χ0n) is 28.8. The van der Waals surface area contributed by atoms with Crippen molar-refractivity contribution in [1.82, 2.24) is 4.57 Å². The highest BCUT2D eigenvalue weighted by molar-refractivity contribution is 6.09. The summed E-state index contributed by atoms with van der Waals surface area (Å²) in [4.78, 5) is 2.48. The fourth-order valence-electron chi connectivity index (χ4n) is 8.28. The van der Waals surface area contributed by atoms with E-state index in [1.54, 1.807) is 0 Å². The lowest BCUT2D eigenvalue weighted by atomic mass is 9.91. The molecule has 0 saturated heterocycles. The molecule has 0 bridgehead atoms. The van der Waals surface area contributed by atoms with Crippen LogP contribution >= 0.6 is 0 Å². The lowest BCUT2D eigenvalue weighted by Gasteiger charge is -2.31. The first-order chi connectivity index (χ1) is 25.8. The maximum absolute atomic E-state index is 2.48. The van der Waals surface area contributed by atoms with Gasteiger partial charge in [0.15, 0.2) is 0 Å². The number of aryl methyl sites for hydroxylation is 2. The smallest absolute Gasteiger partial charge is 0.0541 e. The van der Waals surface area contributed by atoms with Crippen molar-refractivity contribution in [3.8, 4) is 39.1 Å². The second kappa shape index (κ2) is 12.6. The molecule has 0 amide bonds. The van der Waals surface area contributed by atoms with Crippen molar-refractivity contribution in [3.05, 3.63) is 205 Å². The van der Waals surface area contributed by atoms with E-state index in [4.69, 9.17) is 0 Å². The van der Waals surface area contributed by atoms with E-state index in [-0.39, 0.29) is 0 Å². The fraction of sp³-hybridized carbons (Fsp3) is 0.0400. The molecule has 0 N–H and O–H groups in total. The topological polar surface area (TPSA) is 8.17 Å². The summed E-state index contributed by atoms with van der Waals surface area (Å²) in [6.45, 7) is 0. The van der Waals surface area contributed by atoms with Crippen LogP contribution in [0.25, 0.3) is 60.9 Å². The quantitative estimate of drug-likeness (QED) is 0.182. The van der Waals surface area contributed by atoms with E-state index in [2.05, 4.69) is 204 Å². The van der Waals surface area contributed by atoms with Gasteiger partial charge in [-0.05, 0) is 101 Å². The van der Waals surface area contributed by atoms with Gasteiger partial charge in [0.2, 0.25) is 0 Å². The first-order valence-corrected chi connectivity index (χ1v) is 18.2. The SMILES string of the molecule is c1ccc(-c2ccc3c(c2)-c2ccccc2CCc2ccccc2-c2ccccc2N3c2ccc(-n3c4ccccc4c4ccccc43)cc2)cc1. The molecule has 1 aliphatic rings. The number of nitrogens with zero attached hydrogens (tertiary/aromatic N) is 2. The van der Waals surface area contributed by atoms with Gasteiger partial charge in [0.1, 0.15) is 0 Å². The summed E-state index contributed by atoms with van der Waals surface area (Å²) in [5, 5.41) is 2.53. The average Bonchev–Trinajstić information content (AvgIpc) is 3.55. The highest BCUT2D eigenvalue weighted by Gasteiger charge is 2.24. The lowest BCUT2D eigenvalue weighted by Crippen LogP contribution is -2.13. The van der Waals surface area contributed by atoms with Gasteiger partial charge >= 0.3 is 0 Å². The number of fused-ring (bicyclic) bond motifs is 9. The highest BCUT2D eigenvalue weighted by Crippen LogP contribution is 2.48. The molecule has 2 heteroatoms. The number of anilines is 3. The second-order valence-corrected chi connectivity index (χ2v) is 13.7. The predicted molar refractivity (Wildman–Crippen MR) is 219 cm³/mol. The van der Waals surface area contributed by atoms with E-state index in [9.17, 15) is 0 Å². The Labute approximate surface area is 304 Å². The van der Waals surface area contributed by atoms with Crippen LogP contribution in [0, 0.1) is 0 Å². The summed E-state index contributed by atoms with van der Waals surface area (Å²) < 4.78 is 2.39. The van der Waals surface area contributed by atoms with Gasteiger partial charge in [-0.1, -0.05) is 140 Å². The van der Waals surface area contributed by atoms with Gasteiger partial charge in [0, 0.05) is 33.3 Å². The summed E-state index contributed by atoms with van der Waals surface area (Å²) >= 11 is 0. The molecule has 52 heavy (non-hydrogen) atoms. The van der Waals surface area contributed by atoms with Crippen LogP contribution in [0.5, 0.6) is 0 Å². The minimum absolute atomic E-state index is 0.956. The van der Waals surface area contributed by atoms with Crippen molar-refractivity contribution in [3.63, 3.8) is 0 Å². The third kappa shape index (κ3) is 5.03. The monoisotopic (exact) mass is 664 g/mol. The highest BCUT2D eigenvalue weighted by atomic mass is 15.1. The molecular formula is C50H36N2. The number of para-hydroxylation sites is 3. The van der Waals surface area contributed by atoms with Crippen molar-refractivity contribution in [2.24, 2.45) is 0 Å². The second-order valence-electron chi connectivity index (χ2n) is 13.7. The molecule has 0 atom stereocenters. The fourth-order valence-corrected chi connectivity index (χ4v) is 8.28. The number of aromatic nitrogens is 1. The van der Waals surface area contributed by atoms with E-state index in [1.807, 2.05) is 0 Å². The summed E-state index contributed by atoms with van der Waals surface area (Å²) in [5.41, 5.74) is 17.2. The predicted octanol–water partition coefficient (Wildman–Crippen LogP) is 13.4. The molecule has 0 aliphatic carbocycles. The Kier molecular flexibility index (Phi) is 7.32. The van der Waals surface area contributed by atoms with Gasteiger partial charge < -0.3 is 9.47 Å².